The number of hydrogen-bond donors (Lipinski definition) is 0. The van der Waals surface area contributed by atoms with Gasteiger partial charge in [0.15, 0.2) is 0 Å². The van der Waals surface area contributed by atoms with Crippen LogP contribution in [0.3, 0.4) is 0 Å². The van der Waals surface area contributed by atoms with E-state index in [1.165, 1.54) is 0 Å². The van der Waals surface area contributed by atoms with E-state index in [1.54, 1.807) is 0 Å². The third-order valence-corrected chi connectivity index (χ3v) is 0. The Kier molecular flexibility index (Phi) is 137. The molecule has 26 valence electrons. The molecule has 0 N–H and O–H groups in total. The van der Waals surface area contributed by atoms with Gasteiger partial charge < -0.3 is 0 Å². The fraction of sp³-hybridized carbons (Fsp3) is 0. The van der Waals surface area contributed by atoms with Gasteiger partial charge in [-0.2, -0.15) is 0 Å². The van der Waals surface area contributed by atoms with Crippen molar-refractivity contribution in [3.63, 3.8) is 0 Å². The summed E-state index contributed by atoms with van der Waals surface area (Å²) >= 11 is 0. The van der Waals surface area contributed by atoms with E-state index < -0.39 is 0 Å². The maximum atomic E-state index is 0. The zero-order valence-electron chi connectivity index (χ0n) is 0.670. The molecule has 0 aromatic carbocycles. The predicted octanol–water partition coefficient (Wildman–Crippen LogP) is -1.84. The van der Waals surface area contributed by atoms with Crippen LogP contribution in [0.25, 0.3) is 0 Å². The fourth-order valence-corrected chi connectivity index (χ4v) is 0. The van der Waals surface area contributed by atoms with Crippen LogP contribution in [0.4, 0.5) is 0 Å². The van der Waals surface area contributed by atoms with Gasteiger partial charge in [0.05, 0.1) is 0 Å². The van der Waals surface area contributed by atoms with Crippen LogP contribution in [0.15, 0.2) is 0 Å². The van der Waals surface area contributed by atoms with Gasteiger partial charge in [0, 0.05) is 33.6 Å². The molecule has 0 aliphatic rings. The van der Waals surface area contributed by atoms with E-state index in [-0.39, 0.29) is 79.7 Å². The largest absolute Gasteiger partial charge is 0.316 e. The van der Waals surface area contributed by atoms with Crippen LogP contribution in [0.1, 0.15) is 0 Å². The molecule has 0 heterocycles. The van der Waals surface area contributed by atoms with Crippen LogP contribution in [-0.4, -0.2) is 46.1 Å². The third-order valence-electron chi connectivity index (χ3n) is 0. The van der Waals surface area contributed by atoms with Crippen molar-refractivity contribution >= 4 is 46.1 Å². The molecule has 0 radical (unpaired) electrons. The third kappa shape index (κ3) is 8.82. The Morgan fingerprint density at radius 2 is 0.750 bits per heavy atom. The predicted molar refractivity (Wildman–Crippen MR) is 17.1 cm³/mol. The smallest absolute Gasteiger partial charge is 0 e. The van der Waals surface area contributed by atoms with Crippen LogP contribution in [0.2, 0.25) is 0 Å². The number of rotatable bonds is 0. The van der Waals surface area contributed by atoms with E-state index in [0.29, 0.717) is 0 Å². The summed E-state index contributed by atoms with van der Waals surface area (Å²) in [5.74, 6) is 0. The molecule has 0 nitrogen and oxygen atoms in total. The van der Waals surface area contributed by atoms with Gasteiger partial charge in [0.25, 0.3) is 0 Å². The quantitative estimate of drug-likeness (QED) is 0.372. The van der Waals surface area contributed by atoms with Crippen LogP contribution in [-0.2, 0) is 33.6 Å². The first-order valence-corrected chi connectivity index (χ1v) is 0. The van der Waals surface area contributed by atoms with Gasteiger partial charge in [0.2, 0.25) is 0 Å². The molecular formula is H4FeMg2Ni. The molecule has 0 unspecified atom stereocenters. The molecule has 0 aliphatic heterocycles. The van der Waals surface area contributed by atoms with Crippen LogP contribution in [0, 0.1) is 0 Å². The van der Waals surface area contributed by atoms with Crippen molar-refractivity contribution < 1.29 is 33.6 Å². The Hall–Kier alpha value is 2.55. The minimum absolute atomic E-state index is 0. The average Bonchev–Trinajstić information content (AvgIpc) is 0. The second kappa shape index (κ2) is 17.7. The van der Waals surface area contributed by atoms with Crippen molar-refractivity contribution in [1.82, 2.24) is 0 Å². The molecule has 0 saturated heterocycles. The SMILES string of the molecule is [Fe].[MgH2].[MgH2].[Ni]. The van der Waals surface area contributed by atoms with Gasteiger partial charge in [-0.1, -0.05) is 0 Å². The Bertz CT molecular complexity index is 6.00. The molecular weight excluding hydrogens is 163 g/mol. The Labute approximate surface area is 78.6 Å². The topological polar surface area (TPSA) is 0 Å². The first-order valence-electron chi connectivity index (χ1n) is 0. The number of hydrogen-bond acceptors (Lipinski definition) is 0. The van der Waals surface area contributed by atoms with E-state index >= 15 is 0 Å². The molecule has 0 fully saturated rings. The van der Waals surface area contributed by atoms with Crippen LogP contribution in [0.5, 0.6) is 0 Å². The van der Waals surface area contributed by atoms with Crippen molar-refractivity contribution in [2.24, 2.45) is 0 Å². The summed E-state index contributed by atoms with van der Waals surface area (Å²) in [5, 5.41) is 0. The van der Waals surface area contributed by atoms with Crippen molar-refractivity contribution in [3.8, 4) is 0 Å². The second-order valence-corrected chi connectivity index (χ2v) is 0. The summed E-state index contributed by atoms with van der Waals surface area (Å²) in [5.41, 5.74) is 0. The first-order chi connectivity index (χ1) is 0. The van der Waals surface area contributed by atoms with Gasteiger partial charge in [-0.15, -0.1) is 0 Å². The summed E-state index contributed by atoms with van der Waals surface area (Å²) in [7, 11) is 0. The Morgan fingerprint density at radius 3 is 0.750 bits per heavy atom. The molecule has 0 bridgehead atoms. The molecule has 0 aromatic heterocycles. The minimum Gasteiger partial charge on any atom is 0 e. The minimum atomic E-state index is 0. The second-order valence-electron chi connectivity index (χ2n) is 0. The molecule has 4 heteroatoms. The first kappa shape index (κ1) is 31.1. The fourth-order valence-electron chi connectivity index (χ4n) is 0. The van der Waals surface area contributed by atoms with Gasteiger partial charge in [-0.05, 0) is 0 Å². The standard InChI is InChI=1S/Fe.2Mg.Ni.4H. The normalized spacial score (nSPS) is 0. The molecule has 0 saturated carbocycles. The maximum absolute atomic E-state index is 0. The van der Waals surface area contributed by atoms with Crippen molar-refractivity contribution in [2.75, 3.05) is 0 Å². The summed E-state index contributed by atoms with van der Waals surface area (Å²) in [6.45, 7) is 0. The molecule has 0 rings (SSSR count). The zero-order chi connectivity index (χ0) is 0. The Morgan fingerprint density at radius 1 is 0.750 bits per heavy atom. The Balaban J connectivity index is 0. The molecule has 0 amide bonds. The summed E-state index contributed by atoms with van der Waals surface area (Å²) in [4.78, 5) is 0. The van der Waals surface area contributed by atoms with Gasteiger partial charge in [-0.3, -0.25) is 0 Å². The van der Waals surface area contributed by atoms with Gasteiger partial charge in [-0.25, -0.2) is 0 Å². The molecule has 0 aliphatic carbocycles. The monoisotopic (exact) mass is 166 g/mol. The molecule has 4 heavy (non-hydrogen) atoms. The maximum Gasteiger partial charge on any atom is 0.316 e. The van der Waals surface area contributed by atoms with Crippen molar-refractivity contribution in [2.45, 2.75) is 0 Å². The molecule has 0 atom stereocenters. The van der Waals surface area contributed by atoms with Crippen LogP contribution >= 0.6 is 0 Å². The van der Waals surface area contributed by atoms with E-state index in [0.717, 1.165) is 0 Å². The van der Waals surface area contributed by atoms with E-state index in [2.05, 4.69) is 0 Å². The van der Waals surface area contributed by atoms with Gasteiger partial charge >= 0.3 is 46.1 Å². The van der Waals surface area contributed by atoms with Gasteiger partial charge in [0.1, 0.15) is 0 Å². The molecule has 0 spiro atoms. The van der Waals surface area contributed by atoms with E-state index in [1.807, 2.05) is 0 Å². The average molecular weight is 167 g/mol. The zero-order valence-corrected chi connectivity index (χ0v) is 2.76. The van der Waals surface area contributed by atoms with Crippen molar-refractivity contribution in [3.05, 3.63) is 0 Å². The summed E-state index contributed by atoms with van der Waals surface area (Å²) < 4.78 is 0. The van der Waals surface area contributed by atoms with E-state index in [4.69, 9.17) is 0 Å². The van der Waals surface area contributed by atoms with Crippen LogP contribution < -0.4 is 0 Å². The molecule has 0 aromatic rings. The van der Waals surface area contributed by atoms with Crippen molar-refractivity contribution in [1.29, 1.82) is 0 Å². The van der Waals surface area contributed by atoms with E-state index in [9.17, 15) is 0 Å². The summed E-state index contributed by atoms with van der Waals surface area (Å²) in [6, 6.07) is 0. The summed E-state index contributed by atoms with van der Waals surface area (Å²) in [6.07, 6.45) is 0.